The van der Waals surface area contributed by atoms with Crippen LogP contribution in [0.2, 0.25) is 0 Å². The van der Waals surface area contributed by atoms with E-state index in [0.29, 0.717) is 11.3 Å². The Labute approximate surface area is 112 Å². The van der Waals surface area contributed by atoms with Crippen LogP contribution in [-0.4, -0.2) is 27.2 Å². The summed E-state index contributed by atoms with van der Waals surface area (Å²) in [4.78, 5) is 22.2. The fraction of sp³-hybridized carbons (Fsp3) is 0. The third-order valence-electron chi connectivity index (χ3n) is 2.41. The van der Waals surface area contributed by atoms with Gasteiger partial charge < -0.3 is 10.4 Å². The first-order valence-electron chi connectivity index (χ1n) is 5.57. The Morgan fingerprint density at radius 2 is 2.20 bits per heavy atom. The molecule has 0 atom stereocenters. The number of aromatic nitrogens is 2. The van der Waals surface area contributed by atoms with Crippen molar-refractivity contribution in [2.75, 3.05) is 5.32 Å². The van der Waals surface area contributed by atoms with Gasteiger partial charge >= 0.3 is 5.97 Å². The van der Waals surface area contributed by atoms with E-state index in [1.165, 1.54) is 30.6 Å². The van der Waals surface area contributed by atoms with Crippen LogP contribution in [0.1, 0.15) is 15.9 Å². The van der Waals surface area contributed by atoms with Crippen LogP contribution in [-0.2, 0) is 4.79 Å². The number of hydrogen-bond acceptors (Lipinski definition) is 3. The molecule has 1 aromatic carbocycles. The second-order valence-corrected chi connectivity index (χ2v) is 3.85. The monoisotopic (exact) mass is 275 g/mol. The molecule has 1 aromatic heterocycles. The molecule has 0 saturated carbocycles. The Morgan fingerprint density at radius 1 is 1.40 bits per heavy atom. The molecular formula is C13H10FN3O3. The largest absolute Gasteiger partial charge is 0.478 e. The van der Waals surface area contributed by atoms with Crippen molar-refractivity contribution in [3.05, 3.63) is 53.6 Å². The second-order valence-electron chi connectivity index (χ2n) is 3.85. The maximum atomic E-state index is 13.8. The van der Waals surface area contributed by atoms with E-state index in [1.54, 1.807) is 0 Å². The summed E-state index contributed by atoms with van der Waals surface area (Å²) in [5.74, 6) is -2.48. The molecule has 0 aliphatic rings. The van der Waals surface area contributed by atoms with Gasteiger partial charge in [0.05, 0.1) is 17.4 Å². The summed E-state index contributed by atoms with van der Waals surface area (Å²) < 4.78 is 13.8. The normalized spacial score (nSPS) is 10.7. The lowest BCUT2D eigenvalue weighted by Crippen LogP contribution is -2.13. The van der Waals surface area contributed by atoms with E-state index < -0.39 is 17.7 Å². The number of carbonyl (C=O) groups is 2. The van der Waals surface area contributed by atoms with E-state index in [0.717, 1.165) is 12.1 Å². The summed E-state index contributed by atoms with van der Waals surface area (Å²) in [6, 6.07) is 3.82. The van der Waals surface area contributed by atoms with Crippen molar-refractivity contribution >= 4 is 23.6 Å². The minimum absolute atomic E-state index is 0.140. The van der Waals surface area contributed by atoms with Crippen molar-refractivity contribution in [2.24, 2.45) is 0 Å². The lowest BCUT2D eigenvalue weighted by Gasteiger charge is -2.04. The van der Waals surface area contributed by atoms with Crippen LogP contribution in [0.15, 0.2) is 36.7 Å². The summed E-state index contributed by atoms with van der Waals surface area (Å²) in [6.45, 7) is 0. The summed E-state index contributed by atoms with van der Waals surface area (Å²) >= 11 is 0. The Bertz CT molecular complexity index is 666. The standard InChI is InChI=1S/C13H10FN3O3/c14-11-5-8(2-4-12(18)19)1-3-10(11)13(20)17-9-6-15-16-7-9/h1-7H,(H,15,16)(H,17,20)(H,18,19). The number of aliphatic carboxylic acids is 1. The van der Waals surface area contributed by atoms with E-state index in [9.17, 15) is 14.0 Å². The lowest BCUT2D eigenvalue weighted by atomic mass is 10.1. The average Bonchev–Trinajstić information content (AvgIpc) is 2.89. The number of aromatic amines is 1. The molecule has 3 N–H and O–H groups in total. The fourth-order valence-corrected chi connectivity index (χ4v) is 1.50. The summed E-state index contributed by atoms with van der Waals surface area (Å²) in [6.07, 6.45) is 4.97. The van der Waals surface area contributed by atoms with Crippen LogP contribution in [0.25, 0.3) is 6.08 Å². The number of H-pyrrole nitrogens is 1. The molecular weight excluding hydrogens is 265 g/mol. The molecule has 0 fully saturated rings. The topological polar surface area (TPSA) is 95.1 Å². The molecule has 0 unspecified atom stereocenters. The molecule has 20 heavy (non-hydrogen) atoms. The lowest BCUT2D eigenvalue weighted by molar-refractivity contribution is -0.131. The van der Waals surface area contributed by atoms with E-state index in [4.69, 9.17) is 5.11 Å². The van der Waals surface area contributed by atoms with E-state index >= 15 is 0 Å². The first-order chi connectivity index (χ1) is 9.56. The molecule has 102 valence electrons. The fourth-order valence-electron chi connectivity index (χ4n) is 1.50. The zero-order valence-corrected chi connectivity index (χ0v) is 10.1. The van der Waals surface area contributed by atoms with Gasteiger partial charge in [0.25, 0.3) is 5.91 Å². The van der Waals surface area contributed by atoms with Crippen molar-refractivity contribution in [2.45, 2.75) is 0 Å². The Kier molecular flexibility index (Phi) is 3.90. The zero-order valence-electron chi connectivity index (χ0n) is 10.1. The highest BCUT2D eigenvalue weighted by atomic mass is 19.1. The van der Waals surface area contributed by atoms with Crippen LogP contribution in [0.4, 0.5) is 10.1 Å². The maximum Gasteiger partial charge on any atom is 0.328 e. The van der Waals surface area contributed by atoms with Gasteiger partial charge in [-0.3, -0.25) is 9.89 Å². The van der Waals surface area contributed by atoms with Crippen molar-refractivity contribution in [1.29, 1.82) is 0 Å². The second kappa shape index (κ2) is 5.79. The Balaban J connectivity index is 2.17. The smallest absolute Gasteiger partial charge is 0.328 e. The third kappa shape index (κ3) is 3.29. The van der Waals surface area contributed by atoms with Gasteiger partial charge in [0, 0.05) is 12.3 Å². The third-order valence-corrected chi connectivity index (χ3v) is 2.41. The maximum absolute atomic E-state index is 13.8. The summed E-state index contributed by atoms with van der Waals surface area (Å²) in [5, 5.41) is 17.1. The number of nitrogens with zero attached hydrogens (tertiary/aromatic N) is 1. The minimum atomic E-state index is -1.13. The van der Waals surface area contributed by atoms with Gasteiger partial charge in [0.1, 0.15) is 5.82 Å². The van der Waals surface area contributed by atoms with Gasteiger partial charge in [-0.1, -0.05) is 6.07 Å². The zero-order chi connectivity index (χ0) is 14.5. The number of rotatable bonds is 4. The molecule has 0 radical (unpaired) electrons. The highest BCUT2D eigenvalue weighted by Gasteiger charge is 2.12. The number of carboxylic acids is 1. The molecule has 0 bridgehead atoms. The molecule has 0 aliphatic carbocycles. The molecule has 0 spiro atoms. The number of anilines is 1. The average molecular weight is 275 g/mol. The van der Waals surface area contributed by atoms with Crippen molar-refractivity contribution < 1.29 is 19.1 Å². The van der Waals surface area contributed by atoms with Crippen LogP contribution in [0.3, 0.4) is 0 Å². The van der Waals surface area contributed by atoms with E-state index in [-0.39, 0.29) is 5.56 Å². The Morgan fingerprint density at radius 3 is 2.80 bits per heavy atom. The first-order valence-corrected chi connectivity index (χ1v) is 5.57. The van der Waals surface area contributed by atoms with Crippen LogP contribution < -0.4 is 5.32 Å². The molecule has 6 nitrogen and oxygen atoms in total. The van der Waals surface area contributed by atoms with Gasteiger partial charge in [-0.25, -0.2) is 9.18 Å². The van der Waals surface area contributed by atoms with Crippen LogP contribution in [0.5, 0.6) is 0 Å². The molecule has 0 aliphatic heterocycles. The molecule has 7 heteroatoms. The van der Waals surface area contributed by atoms with Gasteiger partial charge in [-0.15, -0.1) is 0 Å². The number of carbonyl (C=O) groups excluding carboxylic acids is 1. The predicted molar refractivity (Wildman–Crippen MR) is 69.6 cm³/mol. The van der Waals surface area contributed by atoms with Crippen molar-refractivity contribution in [3.63, 3.8) is 0 Å². The SMILES string of the molecule is O=C(O)C=Cc1ccc(C(=O)Nc2cn[nH]c2)c(F)c1. The first kappa shape index (κ1) is 13.5. The molecule has 2 aromatic rings. The molecule has 2 rings (SSSR count). The summed E-state index contributed by atoms with van der Waals surface area (Å²) in [7, 11) is 0. The quantitative estimate of drug-likeness (QED) is 0.742. The molecule has 1 amide bonds. The number of hydrogen-bond donors (Lipinski definition) is 3. The van der Waals surface area contributed by atoms with Gasteiger partial charge in [-0.2, -0.15) is 5.10 Å². The van der Waals surface area contributed by atoms with E-state index in [2.05, 4.69) is 15.5 Å². The van der Waals surface area contributed by atoms with Gasteiger partial charge in [0.2, 0.25) is 0 Å². The molecule has 0 saturated heterocycles. The van der Waals surface area contributed by atoms with Crippen LogP contribution >= 0.6 is 0 Å². The number of benzene rings is 1. The van der Waals surface area contributed by atoms with E-state index in [1.807, 2.05) is 0 Å². The number of carboxylic acid groups (broad SMARTS) is 1. The van der Waals surface area contributed by atoms with Crippen LogP contribution in [0, 0.1) is 5.82 Å². The summed E-state index contributed by atoms with van der Waals surface area (Å²) in [5.41, 5.74) is 0.632. The van der Waals surface area contributed by atoms with Crippen molar-refractivity contribution in [3.8, 4) is 0 Å². The predicted octanol–water partition coefficient (Wildman–Crippen LogP) is 1.90. The number of halogens is 1. The number of amides is 1. The van der Waals surface area contributed by atoms with Gasteiger partial charge in [0.15, 0.2) is 0 Å². The Hall–Kier alpha value is -2.96. The van der Waals surface area contributed by atoms with Crippen molar-refractivity contribution in [1.82, 2.24) is 10.2 Å². The number of nitrogens with one attached hydrogen (secondary N) is 2. The molecule has 1 heterocycles. The minimum Gasteiger partial charge on any atom is -0.478 e. The highest BCUT2D eigenvalue weighted by molar-refractivity contribution is 6.04. The van der Waals surface area contributed by atoms with Gasteiger partial charge in [-0.05, 0) is 23.8 Å². The highest BCUT2D eigenvalue weighted by Crippen LogP contribution is 2.14.